The Morgan fingerprint density at radius 3 is 2.48 bits per heavy atom. The number of carbonyl (C=O) groups excluding carboxylic acids is 1. The van der Waals surface area contributed by atoms with Gasteiger partial charge < -0.3 is 10.4 Å². The summed E-state index contributed by atoms with van der Waals surface area (Å²) in [7, 11) is 0. The van der Waals surface area contributed by atoms with Crippen molar-refractivity contribution in [2.45, 2.75) is 0 Å². The first-order chi connectivity index (χ1) is 10.9. The zero-order valence-corrected chi connectivity index (χ0v) is 13.8. The molecular formula is C15H10Cl2N2O3S. The molecule has 5 nitrogen and oxygen atoms in total. The molecule has 0 saturated heterocycles. The van der Waals surface area contributed by atoms with Crippen molar-refractivity contribution in [3.63, 3.8) is 0 Å². The van der Waals surface area contributed by atoms with E-state index in [4.69, 9.17) is 40.5 Å². The minimum absolute atomic E-state index is 0.0172. The fourth-order valence-corrected chi connectivity index (χ4v) is 2.44. The van der Waals surface area contributed by atoms with Crippen molar-refractivity contribution < 1.29 is 14.7 Å². The highest BCUT2D eigenvalue weighted by Gasteiger charge is 2.12. The van der Waals surface area contributed by atoms with E-state index in [1.165, 1.54) is 30.3 Å². The van der Waals surface area contributed by atoms with Crippen molar-refractivity contribution in [1.29, 1.82) is 0 Å². The van der Waals surface area contributed by atoms with Crippen LogP contribution in [0.1, 0.15) is 20.7 Å². The molecule has 0 aliphatic heterocycles. The molecule has 0 saturated carbocycles. The van der Waals surface area contributed by atoms with Crippen molar-refractivity contribution in [2.24, 2.45) is 0 Å². The van der Waals surface area contributed by atoms with Gasteiger partial charge in [-0.1, -0.05) is 29.3 Å². The SMILES string of the molecule is O=C(O)c1cccc(NC(=S)NC(=O)c2ccc(Cl)cc2Cl)c1. The maximum absolute atomic E-state index is 12.1. The number of aromatic carboxylic acids is 1. The molecule has 0 aliphatic carbocycles. The number of hydrogen-bond acceptors (Lipinski definition) is 3. The molecule has 118 valence electrons. The zero-order valence-electron chi connectivity index (χ0n) is 11.5. The van der Waals surface area contributed by atoms with Gasteiger partial charge in [-0.05, 0) is 48.6 Å². The van der Waals surface area contributed by atoms with E-state index in [2.05, 4.69) is 10.6 Å². The predicted octanol–water partition coefficient (Wildman–Crippen LogP) is 3.82. The second kappa shape index (κ2) is 7.41. The number of carbonyl (C=O) groups is 2. The Bertz CT molecular complexity index is 796. The lowest BCUT2D eigenvalue weighted by molar-refractivity contribution is 0.0696. The van der Waals surface area contributed by atoms with E-state index >= 15 is 0 Å². The van der Waals surface area contributed by atoms with Crippen LogP contribution >= 0.6 is 35.4 Å². The highest BCUT2D eigenvalue weighted by Crippen LogP contribution is 2.20. The van der Waals surface area contributed by atoms with Crippen LogP contribution in [0, 0.1) is 0 Å². The topological polar surface area (TPSA) is 78.4 Å². The van der Waals surface area contributed by atoms with E-state index in [-0.39, 0.29) is 21.3 Å². The number of hydrogen-bond donors (Lipinski definition) is 3. The molecule has 0 spiro atoms. The van der Waals surface area contributed by atoms with Gasteiger partial charge in [-0.3, -0.25) is 10.1 Å². The van der Waals surface area contributed by atoms with Crippen LogP contribution in [0.4, 0.5) is 5.69 Å². The number of carboxylic acid groups (broad SMARTS) is 1. The van der Waals surface area contributed by atoms with Crippen LogP contribution < -0.4 is 10.6 Å². The Morgan fingerprint density at radius 1 is 1.09 bits per heavy atom. The first-order valence-electron chi connectivity index (χ1n) is 6.27. The van der Waals surface area contributed by atoms with Gasteiger partial charge in [0.2, 0.25) is 0 Å². The van der Waals surface area contributed by atoms with Gasteiger partial charge in [0, 0.05) is 10.7 Å². The monoisotopic (exact) mass is 368 g/mol. The maximum Gasteiger partial charge on any atom is 0.335 e. The Balaban J connectivity index is 2.06. The molecular weight excluding hydrogens is 359 g/mol. The molecule has 1 amide bonds. The lowest BCUT2D eigenvalue weighted by Crippen LogP contribution is -2.34. The summed E-state index contributed by atoms with van der Waals surface area (Å²) in [6, 6.07) is 10.5. The van der Waals surface area contributed by atoms with Crippen LogP contribution in [0.2, 0.25) is 10.0 Å². The van der Waals surface area contributed by atoms with E-state index in [0.29, 0.717) is 10.7 Å². The van der Waals surface area contributed by atoms with Crippen molar-refractivity contribution in [3.05, 3.63) is 63.6 Å². The minimum atomic E-state index is -1.06. The van der Waals surface area contributed by atoms with Gasteiger partial charge >= 0.3 is 5.97 Å². The van der Waals surface area contributed by atoms with E-state index in [9.17, 15) is 9.59 Å². The second-order valence-corrected chi connectivity index (χ2v) is 5.67. The molecule has 0 aliphatic rings. The van der Waals surface area contributed by atoms with Gasteiger partial charge in [0.25, 0.3) is 5.91 Å². The number of anilines is 1. The van der Waals surface area contributed by atoms with Gasteiger partial charge in [0.05, 0.1) is 16.1 Å². The lowest BCUT2D eigenvalue weighted by atomic mass is 10.2. The molecule has 0 bridgehead atoms. The van der Waals surface area contributed by atoms with E-state index in [0.717, 1.165) is 0 Å². The Hall–Kier alpha value is -2.15. The normalized spacial score (nSPS) is 10.0. The average molecular weight is 369 g/mol. The van der Waals surface area contributed by atoms with Crippen molar-refractivity contribution in [3.8, 4) is 0 Å². The Kier molecular flexibility index (Phi) is 5.54. The van der Waals surface area contributed by atoms with E-state index in [1.54, 1.807) is 12.1 Å². The third-order valence-electron chi connectivity index (χ3n) is 2.77. The highest BCUT2D eigenvalue weighted by molar-refractivity contribution is 7.80. The molecule has 0 atom stereocenters. The lowest BCUT2D eigenvalue weighted by Gasteiger charge is -2.11. The molecule has 0 unspecified atom stereocenters. The molecule has 0 aromatic heterocycles. The van der Waals surface area contributed by atoms with Gasteiger partial charge in [0.15, 0.2) is 5.11 Å². The summed E-state index contributed by atoms with van der Waals surface area (Å²) in [6.07, 6.45) is 0. The first-order valence-corrected chi connectivity index (χ1v) is 7.44. The molecule has 8 heteroatoms. The van der Waals surface area contributed by atoms with Gasteiger partial charge in [-0.2, -0.15) is 0 Å². The van der Waals surface area contributed by atoms with Crippen LogP contribution in [0.25, 0.3) is 0 Å². The number of thiocarbonyl (C=S) groups is 1. The van der Waals surface area contributed by atoms with Crippen LogP contribution in [-0.4, -0.2) is 22.1 Å². The fraction of sp³-hybridized carbons (Fsp3) is 0. The van der Waals surface area contributed by atoms with Gasteiger partial charge in [0.1, 0.15) is 0 Å². The van der Waals surface area contributed by atoms with Crippen LogP contribution in [0.5, 0.6) is 0 Å². The van der Waals surface area contributed by atoms with Crippen LogP contribution in [-0.2, 0) is 0 Å². The van der Waals surface area contributed by atoms with Crippen molar-refractivity contribution in [1.82, 2.24) is 5.32 Å². The largest absolute Gasteiger partial charge is 0.478 e. The van der Waals surface area contributed by atoms with Crippen molar-refractivity contribution >= 4 is 58.1 Å². The number of benzene rings is 2. The smallest absolute Gasteiger partial charge is 0.335 e. The summed E-state index contributed by atoms with van der Waals surface area (Å²) >= 11 is 16.8. The Morgan fingerprint density at radius 2 is 1.83 bits per heavy atom. The van der Waals surface area contributed by atoms with Crippen LogP contribution in [0.15, 0.2) is 42.5 Å². The maximum atomic E-state index is 12.1. The summed E-state index contributed by atoms with van der Waals surface area (Å²) < 4.78 is 0. The second-order valence-electron chi connectivity index (χ2n) is 4.42. The molecule has 2 aromatic carbocycles. The van der Waals surface area contributed by atoms with E-state index < -0.39 is 11.9 Å². The number of amides is 1. The molecule has 0 radical (unpaired) electrons. The third-order valence-corrected chi connectivity index (χ3v) is 3.52. The highest BCUT2D eigenvalue weighted by atomic mass is 35.5. The predicted molar refractivity (Wildman–Crippen MR) is 93.6 cm³/mol. The summed E-state index contributed by atoms with van der Waals surface area (Å²) in [6.45, 7) is 0. The number of halogens is 2. The molecule has 3 N–H and O–H groups in total. The quantitative estimate of drug-likeness (QED) is 0.717. The first kappa shape index (κ1) is 17.2. The molecule has 0 heterocycles. The minimum Gasteiger partial charge on any atom is -0.478 e. The zero-order chi connectivity index (χ0) is 17.0. The summed E-state index contributed by atoms with van der Waals surface area (Å²) in [5.74, 6) is -1.56. The Labute approximate surface area is 147 Å². The van der Waals surface area contributed by atoms with Crippen LogP contribution in [0.3, 0.4) is 0 Å². The number of rotatable bonds is 3. The standard InChI is InChI=1S/C15H10Cl2N2O3S/c16-9-4-5-11(12(17)7-9)13(20)19-15(23)18-10-3-1-2-8(6-10)14(21)22/h1-7H,(H,21,22)(H2,18,19,20,23). The number of nitrogens with one attached hydrogen (secondary N) is 2. The van der Waals surface area contributed by atoms with Crippen molar-refractivity contribution in [2.75, 3.05) is 5.32 Å². The summed E-state index contributed by atoms with van der Waals surface area (Å²) in [5, 5.41) is 14.8. The van der Waals surface area contributed by atoms with Gasteiger partial charge in [-0.15, -0.1) is 0 Å². The molecule has 23 heavy (non-hydrogen) atoms. The van der Waals surface area contributed by atoms with E-state index in [1.807, 2.05) is 0 Å². The molecule has 2 aromatic rings. The molecule has 2 rings (SSSR count). The third kappa shape index (κ3) is 4.66. The summed E-state index contributed by atoms with van der Waals surface area (Å²) in [5.41, 5.74) is 0.766. The number of carboxylic acids is 1. The molecule has 0 fully saturated rings. The fourth-order valence-electron chi connectivity index (χ4n) is 1.74. The summed E-state index contributed by atoms with van der Waals surface area (Å²) in [4.78, 5) is 23.0. The average Bonchev–Trinajstić information content (AvgIpc) is 2.47. The van der Waals surface area contributed by atoms with Gasteiger partial charge in [-0.25, -0.2) is 4.79 Å².